The zero-order chi connectivity index (χ0) is 18.1. The summed E-state index contributed by atoms with van der Waals surface area (Å²) in [5.74, 6) is 1.87. The van der Waals surface area contributed by atoms with Crippen LogP contribution in [0, 0.1) is 0 Å². The van der Waals surface area contributed by atoms with Gasteiger partial charge < -0.3 is 10.6 Å². The standard InChI is InChI=1S/C20H24N2O2S/c1-3-21-19(23)17-9-5-15(6-10-17)13-22-20(24)18-11-7-16(8-12-18)14-25-4-2/h5-12H,3-4,13-14H2,1-2H3,(H,21,23)(H,22,24). The molecule has 2 rings (SSSR count). The number of carbonyl (C=O) groups is 2. The zero-order valence-corrected chi connectivity index (χ0v) is 15.5. The van der Waals surface area contributed by atoms with Crippen molar-refractivity contribution in [2.75, 3.05) is 12.3 Å². The van der Waals surface area contributed by atoms with Crippen LogP contribution in [0.1, 0.15) is 45.7 Å². The molecule has 4 nitrogen and oxygen atoms in total. The summed E-state index contributed by atoms with van der Waals surface area (Å²) in [5, 5.41) is 5.67. The molecule has 25 heavy (non-hydrogen) atoms. The lowest BCUT2D eigenvalue weighted by Crippen LogP contribution is -2.23. The Bertz CT molecular complexity index is 697. The minimum Gasteiger partial charge on any atom is -0.352 e. The molecule has 0 atom stereocenters. The predicted molar refractivity (Wildman–Crippen MR) is 104 cm³/mol. The van der Waals surface area contributed by atoms with Crippen molar-refractivity contribution in [2.45, 2.75) is 26.1 Å². The average molecular weight is 356 g/mol. The van der Waals surface area contributed by atoms with Crippen molar-refractivity contribution in [3.05, 3.63) is 70.8 Å². The Morgan fingerprint density at radius 1 is 0.800 bits per heavy atom. The van der Waals surface area contributed by atoms with Crippen LogP contribution >= 0.6 is 11.8 Å². The molecule has 2 amide bonds. The van der Waals surface area contributed by atoms with Gasteiger partial charge in [0.25, 0.3) is 11.8 Å². The van der Waals surface area contributed by atoms with Gasteiger partial charge in [-0.05, 0) is 48.1 Å². The first-order valence-electron chi connectivity index (χ1n) is 8.46. The molecule has 132 valence electrons. The number of carbonyl (C=O) groups excluding carboxylic acids is 2. The summed E-state index contributed by atoms with van der Waals surface area (Å²) < 4.78 is 0. The molecule has 5 heteroatoms. The molecule has 2 aromatic carbocycles. The van der Waals surface area contributed by atoms with E-state index in [2.05, 4.69) is 17.6 Å². The highest BCUT2D eigenvalue weighted by atomic mass is 32.2. The molecular weight excluding hydrogens is 332 g/mol. The van der Waals surface area contributed by atoms with Gasteiger partial charge in [-0.3, -0.25) is 9.59 Å². The van der Waals surface area contributed by atoms with Gasteiger partial charge in [0.15, 0.2) is 0 Å². The van der Waals surface area contributed by atoms with Gasteiger partial charge in [0.1, 0.15) is 0 Å². The van der Waals surface area contributed by atoms with E-state index in [4.69, 9.17) is 0 Å². The van der Waals surface area contributed by atoms with Crippen molar-refractivity contribution in [2.24, 2.45) is 0 Å². The molecule has 0 aliphatic carbocycles. The van der Waals surface area contributed by atoms with E-state index >= 15 is 0 Å². The van der Waals surface area contributed by atoms with Crippen LogP contribution in [0.3, 0.4) is 0 Å². The summed E-state index contributed by atoms with van der Waals surface area (Å²) in [4.78, 5) is 23.9. The summed E-state index contributed by atoms with van der Waals surface area (Å²) in [6, 6.07) is 15.0. The van der Waals surface area contributed by atoms with Crippen molar-refractivity contribution in [1.82, 2.24) is 10.6 Å². The van der Waals surface area contributed by atoms with Crippen LogP contribution in [0.5, 0.6) is 0 Å². The van der Waals surface area contributed by atoms with Crippen LogP contribution in [0.4, 0.5) is 0 Å². The molecule has 0 aliphatic rings. The lowest BCUT2D eigenvalue weighted by atomic mass is 10.1. The van der Waals surface area contributed by atoms with E-state index in [0.717, 1.165) is 17.1 Å². The van der Waals surface area contributed by atoms with E-state index in [0.29, 0.717) is 24.2 Å². The third-order valence-corrected chi connectivity index (χ3v) is 4.64. The molecular formula is C20H24N2O2S. The van der Waals surface area contributed by atoms with E-state index in [-0.39, 0.29) is 11.8 Å². The van der Waals surface area contributed by atoms with Crippen molar-refractivity contribution in [1.29, 1.82) is 0 Å². The number of thioether (sulfide) groups is 1. The smallest absolute Gasteiger partial charge is 0.251 e. The van der Waals surface area contributed by atoms with Gasteiger partial charge in [-0.2, -0.15) is 11.8 Å². The summed E-state index contributed by atoms with van der Waals surface area (Å²) in [5.41, 5.74) is 3.46. The lowest BCUT2D eigenvalue weighted by molar-refractivity contribution is 0.0943. The van der Waals surface area contributed by atoms with Gasteiger partial charge in [-0.1, -0.05) is 31.2 Å². The number of hydrogen-bond donors (Lipinski definition) is 2. The van der Waals surface area contributed by atoms with E-state index in [1.54, 1.807) is 12.1 Å². The fraction of sp³-hybridized carbons (Fsp3) is 0.300. The molecule has 0 radical (unpaired) electrons. The second-order valence-corrected chi connectivity index (χ2v) is 6.85. The van der Waals surface area contributed by atoms with Gasteiger partial charge >= 0.3 is 0 Å². The third kappa shape index (κ3) is 5.94. The number of amides is 2. The van der Waals surface area contributed by atoms with E-state index in [1.807, 2.05) is 55.1 Å². The molecule has 0 spiro atoms. The molecule has 0 heterocycles. The van der Waals surface area contributed by atoms with Crippen LogP contribution < -0.4 is 10.6 Å². The molecule has 2 N–H and O–H groups in total. The lowest BCUT2D eigenvalue weighted by Gasteiger charge is -2.08. The monoisotopic (exact) mass is 356 g/mol. The van der Waals surface area contributed by atoms with Crippen LogP contribution in [-0.4, -0.2) is 24.1 Å². The average Bonchev–Trinajstić information content (AvgIpc) is 2.65. The fourth-order valence-electron chi connectivity index (χ4n) is 2.29. The molecule has 0 aliphatic heterocycles. The van der Waals surface area contributed by atoms with E-state index in [9.17, 15) is 9.59 Å². The second kappa shape index (κ2) is 9.89. The highest BCUT2D eigenvalue weighted by Crippen LogP contribution is 2.13. The normalized spacial score (nSPS) is 10.3. The Hall–Kier alpha value is -2.27. The molecule has 0 unspecified atom stereocenters. The van der Waals surface area contributed by atoms with Crippen LogP contribution in [-0.2, 0) is 12.3 Å². The Morgan fingerprint density at radius 3 is 1.84 bits per heavy atom. The number of nitrogens with one attached hydrogen (secondary N) is 2. The Labute approximate surface area is 153 Å². The molecule has 2 aromatic rings. The summed E-state index contributed by atoms with van der Waals surface area (Å²) in [6.07, 6.45) is 0. The summed E-state index contributed by atoms with van der Waals surface area (Å²) in [6.45, 7) is 5.06. The molecule has 0 fully saturated rings. The maximum absolute atomic E-state index is 12.2. The Balaban J connectivity index is 1.88. The van der Waals surface area contributed by atoms with Crippen LogP contribution in [0.2, 0.25) is 0 Å². The van der Waals surface area contributed by atoms with Crippen molar-refractivity contribution in [3.8, 4) is 0 Å². The third-order valence-electron chi connectivity index (χ3n) is 3.70. The molecule has 0 saturated carbocycles. The minimum absolute atomic E-state index is 0.0839. The number of benzene rings is 2. The van der Waals surface area contributed by atoms with Crippen LogP contribution in [0.25, 0.3) is 0 Å². The maximum atomic E-state index is 12.2. The quantitative estimate of drug-likeness (QED) is 0.759. The SMILES string of the molecule is CCNC(=O)c1ccc(CNC(=O)c2ccc(CSCC)cc2)cc1. The van der Waals surface area contributed by atoms with E-state index in [1.165, 1.54) is 5.56 Å². The van der Waals surface area contributed by atoms with Crippen LogP contribution in [0.15, 0.2) is 48.5 Å². The van der Waals surface area contributed by atoms with Crippen molar-refractivity contribution >= 4 is 23.6 Å². The van der Waals surface area contributed by atoms with Gasteiger partial charge in [0.2, 0.25) is 0 Å². The Morgan fingerprint density at radius 2 is 1.32 bits per heavy atom. The zero-order valence-electron chi connectivity index (χ0n) is 14.7. The molecule has 0 aromatic heterocycles. The second-order valence-electron chi connectivity index (χ2n) is 5.57. The van der Waals surface area contributed by atoms with Gasteiger partial charge in [0, 0.05) is 30.0 Å². The highest BCUT2D eigenvalue weighted by molar-refractivity contribution is 7.98. The van der Waals surface area contributed by atoms with Crippen molar-refractivity contribution < 1.29 is 9.59 Å². The number of hydrogen-bond acceptors (Lipinski definition) is 3. The fourth-order valence-corrected chi connectivity index (χ4v) is 2.93. The Kier molecular flexibility index (Phi) is 7.54. The maximum Gasteiger partial charge on any atom is 0.251 e. The van der Waals surface area contributed by atoms with E-state index < -0.39 is 0 Å². The van der Waals surface area contributed by atoms with Crippen molar-refractivity contribution in [3.63, 3.8) is 0 Å². The number of rotatable bonds is 8. The minimum atomic E-state index is -0.0949. The first-order valence-corrected chi connectivity index (χ1v) is 9.61. The molecule has 0 bridgehead atoms. The molecule has 0 saturated heterocycles. The summed E-state index contributed by atoms with van der Waals surface area (Å²) in [7, 11) is 0. The first kappa shape index (κ1) is 19.1. The predicted octanol–water partition coefficient (Wildman–Crippen LogP) is 3.62. The topological polar surface area (TPSA) is 58.2 Å². The highest BCUT2D eigenvalue weighted by Gasteiger charge is 2.07. The summed E-state index contributed by atoms with van der Waals surface area (Å²) >= 11 is 1.86. The van der Waals surface area contributed by atoms with Gasteiger partial charge in [0.05, 0.1) is 0 Å². The first-order chi connectivity index (χ1) is 12.1. The van der Waals surface area contributed by atoms with Gasteiger partial charge in [-0.15, -0.1) is 0 Å². The largest absolute Gasteiger partial charge is 0.352 e. The van der Waals surface area contributed by atoms with Gasteiger partial charge in [-0.25, -0.2) is 0 Å².